The van der Waals surface area contributed by atoms with E-state index < -0.39 is 11.7 Å². The normalized spacial score (nSPS) is 8.93. The van der Waals surface area contributed by atoms with Gasteiger partial charge >= 0.3 is 57.4 Å². The molecule has 2 N–H and O–H groups in total. The van der Waals surface area contributed by atoms with Gasteiger partial charge < -0.3 is 10.2 Å². The molecule has 1 aromatic carbocycles. The van der Waals surface area contributed by atoms with Crippen molar-refractivity contribution in [3.63, 3.8) is 0 Å². The number of carbonyl (C=O) groups is 2. The van der Waals surface area contributed by atoms with E-state index in [1.165, 1.54) is 25.1 Å². The predicted molar refractivity (Wildman–Crippen MR) is 52.2 cm³/mol. The molecular formula is C9H9KO4. The van der Waals surface area contributed by atoms with E-state index in [0.29, 0.717) is 0 Å². The third-order valence-corrected chi connectivity index (χ3v) is 1.65. The van der Waals surface area contributed by atoms with Crippen LogP contribution in [-0.4, -0.2) is 73.4 Å². The maximum atomic E-state index is 10.9. The summed E-state index contributed by atoms with van der Waals surface area (Å²) in [6, 6.07) is 4.04. The number of hydrogen-bond acceptors (Lipinski definition) is 3. The number of carboxylic acids is 1. The second kappa shape index (κ2) is 5.62. The molecule has 1 aromatic rings. The summed E-state index contributed by atoms with van der Waals surface area (Å²) in [5.41, 5.74) is -0.229. The molecule has 0 atom stereocenters. The molecule has 0 aliphatic heterocycles. The fraction of sp³-hybridized carbons (Fsp3) is 0.111. The van der Waals surface area contributed by atoms with Crippen LogP contribution in [0.2, 0.25) is 0 Å². The van der Waals surface area contributed by atoms with Gasteiger partial charge in [-0.3, -0.25) is 4.79 Å². The molecule has 5 heteroatoms. The summed E-state index contributed by atoms with van der Waals surface area (Å²) in [6.45, 7) is 1.26. The van der Waals surface area contributed by atoms with Gasteiger partial charge in [0.05, 0.1) is 5.56 Å². The molecule has 0 saturated heterocycles. The van der Waals surface area contributed by atoms with Crippen LogP contribution in [-0.2, 0) is 0 Å². The van der Waals surface area contributed by atoms with E-state index in [9.17, 15) is 14.7 Å². The first-order valence-corrected chi connectivity index (χ1v) is 3.60. The van der Waals surface area contributed by atoms with Crippen LogP contribution in [0.3, 0.4) is 0 Å². The van der Waals surface area contributed by atoms with Crippen LogP contribution in [0, 0.1) is 0 Å². The summed E-state index contributed by atoms with van der Waals surface area (Å²) in [5.74, 6) is -2.08. The van der Waals surface area contributed by atoms with E-state index in [4.69, 9.17) is 5.11 Å². The van der Waals surface area contributed by atoms with Crippen molar-refractivity contribution in [1.82, 2.24) is 0 Å². The second-order valence-electron chi connectivity index (χ2n) is 2.56. The van der Waals surface area contributed by atoms with Crippen molar-refractivity contribution in [1.29, 1.82) is 0 Å². The number of aromatic hydroxyl groups is 1. The summed E-state index contributed by atoms with van der Waals surface area (Å²) in [6.07, 6.45) is 0. The fourth-order valence-electron chi connectivity index (χ4n) is 1.00. The topological polar surface area (TPSA) is 74.6 Å². The van der Waals surface area contributed by atoms with Gasteiger partial charge in [-0.2, -0.15) is 0 Å². The van der Waals surface area contributed by atoms with E-state index >= 15 is 0 Å². The second-order valence-corrected chi connectivity index (χ2v) is 2.56. The third kappa shape index (κ3) is 2.89. The fourth-order valence-corrected chi connectivity index (χ4v) is 1.00. The van der Waals surface area contributed by atoms with Gasteiger partial charge in [-0.05, 0) is 19.1 Å². The van der Waals surface area contributed by atoms with Crippen LogP contribution in [0.15, 0.2) is 18.2 Å². The summed E-state index contributed by atoms with van der Waals surface area (Å²) in [4.78, 5) is 21.4. The van der Waals surface area contributed by atoms with Gasteiger partial charge in [0.1, 0.15) is 11.3 Å². The summed E-state index contributed by atoms with van der Waals surface area (Å²) >= 11 is 0. The van der Waals surface area contributed by atoms with Gasteiger partial charge in [-0.1, -0.05) is 6.07 Å². The first kappa shape index (κ1) is 13.8. The molecule has 0 saturated carbocycles. The van der Waals surface area contributed by atoms with Crippen molar-refractivity contribution in [2.24, 2.45) is 0 Å². The number of ketones is 1. The Morgan fingerprint density at radius 1 is 1.21 bits per heavy atom. The van der Waals surface area contributed by atoms with Gasteiger partial charge in [-0.25, -0.2) is 4.79 Å². The van der Waals surface area contributed by atoms with Crippen molar-refractivity contribution in [3.05, 3.63) is 29.3 Å². The summed E-state index contributed by atoms with van der Waals surface area (Å²) in [5, 5.41) is 17.9. The number of rotatable bonds is 2. The number of aromatic carboxylic acids is 1. The Bertz CT molecular complexity index is 341. The molecule has 1 rings (SSSR count). The number of hydrogen-bond donors (Lipinski definition) is 2. The van der Waals surface area contributed by atoms with Crippen LogP contribution < -0.4 is 0 Å². The number of benzene rings is 1. The first-order valence-electron chi connectivity index (χ1n) is 3.60. The SMILES string of the molecule is CC(=O)c1cccc(C(=O)O)c1O.[KH]. The van der Waals surface area contributed by atoms with Gasteiger partial charge in [-0.15, -0.1) is 0 Å². The standard InChI is InChI=1S/C9H8O4.K.H/c1-5(10)6-3-2-4-7(8(6)11)9(12)13;;/h2-4,11H,1H3,(H,12,13);;. The Balaban J connectivity index is 0.00000169. The Kier molecular flexibility index (Phi) is 5.54. The molecule has 70 valence electrons. The minimum absolute atomic E-state index is 0. The van der Waals surface area contributed by atoms with Crippen molar-refractivity contribution in [2.75, 3.05) is 0 Å². The quantitative estimate of drug-likeness (QED) is 0.566. The molecule has 0 bridgehead atoms. The molecule has 0 amide bonds. The first-order chi connectivity index (χ1) is 6.04. The summed E-state index contributed by atoms with van der Waals surface area (Å²) in [7, 11) is 0. The molecule has 0 radical (unpaired) electrons. The Hall–Kier alpha value is -0.204. The number of phenols is 1. The van der Waals surface area contributed by atoms with Crippen LogP contribution in [0.25, 0.3) is 0 Å². The molecule has 14 heavy (non-hydrogen) atoms. The number of Topliss-reactive ketones (excluding diaryl/α,β-unsaturated/α-hetero) is 1. The van der Waals surface area contributed by atoms with E-state index in [1.807, 2.05) is 0 Å². The van der Waals surface area contributed by atoms with Crippen molar-refractivity contribution < 1.29 is 19.8 Å². The number of carbonyl (C=O) groups excluding carboxylic acids is 1. The molecular weight excluding hydrogens is 211 g/mol. The average Bonchev–Trinajstić information content (AvgIpc) is 2.03. The van der Waals surface area contributed by atoms with Crippen molar-refractivity contribution in [3.8, 4) is 5.75 Å². The van der Waals surface area contributed by atoms with Crippen LogP contribution in [0.4, 0.5) is 0 Å². The van der Waals surface area contributed by atoms with Crippen molar-refractivity contribution in [2.45, 2.75) is 6.92 Å². The molecule has 0 aliphatic rings. The van der Waals surface area contributed by atoms with Crippen molar-refractivity contribution >= 4 is 63.1 Å². The molecule has 0 aliphatic carbocycles. The van der Waals surface area contributed by atoms with Gasteiger partial charge in [0.2, 0.25) is 0 Å². The molecule has 0 aromatic heterocycles. The van der Waals surface area contributed by atoms with Crippen LogP contribution >= 0.6 is 0 Å². The molecule has 4 nitrogen and oxygen atoms in total. The zero-order valence-electron chi connectivity index (χ0n) is 6.94. The Morgan fingerprint density at radius 3 is 2.14 bits per heavy atom. The van der Waals surface area contributed by atoms with Crippen LogP contribution in [0.1, 0.15) is 27.6 Å². The number of para-hydroxylation sites is 1. The van der Waals surface area contributed by atoms with Crippen LogP contribution in [0.5, 0.6) is 5.75 Å². The van der Waals surface area contributed by atoms with E-state index in [-0.39, 0.29) is 68.3 Å². The van der Waals surface area contributed by atoms with Gasteiger partial charge in [0, 0.05) is 0 Å². The average molecular weight is 220 g/mol. The summed E-state index contributed by atoms with van der Waals surface area (Å²) < 4.78 is 0. The minimum atomic E-state index is -1.25. The molecule has 0 heterocycles. The van der Waals surface area contributed by atoms with Gasteiger partial charge in [0.15, 0.2) is 5.78 Å². The third-order valence-electron chi connectivity index (χ3n) is 1.65. The monoisotopic (exact) mass is 220 g/mol. The molecule has 0 unspecified atom stereocenters. The van der Waals surface area contributed by atoms with E-state index in [1.54, 1.807) is 0 Å². The zero-order valence-corrected chi connectivity index (χ0v) is 6.94. The van der Waals surface area contributed by atoms with E-state index in [2.05, 4.69) is 0 Å². The Morgan fingerprint density at radius 2 is 1.71 bits per heavy atom. The molecule has 0 spiro atoms. The predicted octanol–water partition coefficient (Wildman–Crippen LogP) is 0.644. The number of carboxylic acid groups (broad SMARTS) is 1. The molecule has 0 fully saturated rings. The Labute approximate surface area is 123 Å². The van der Waals surface area contributed by atoms with Gasteiger partial charge in [0.25, 0.3) is 0 Å². The zero-order chi connectivity index (χ0) is 10.0. The van der Waals surface area contributed by atoms with E-state index in [0.717, 1.165) is 0 Å². The maximum absolute atomic E-state index is 10.9.